The van der Waals surface area contributed by atoms with E-state index in [0.717, 1.165) is 52.3 Å². The number of carbonyl (C=O) groups is 5. The number of thiazole rings is 1. The fourth-order valence-electron chi connectivity index (χ4n) is 4.81. The minimum atomic E-state index is -5.08. The van der Waals surface area contributed by atoms with Gasteiger partial charge < -0.3 is 26.4 Å². The van der Waals surface area contributed by atoms with Crippen molar-refractivity contribution >= 4 is 58.2 Å². The molecule has 0 bridgehead atoms. The molecule has 5 rings (SSSR count). The van der Waals surface area contributed by atoms with Gasteiger partial charge in [0.05, 0.1) is 17.2 Å². The zero-order chi connectivity index (χ0) is 37.7. The molecule has 12 nitrogen and oxygen atoms in total. The van der Waals surface area contributed by atoms with Crippen molar-refractivity contribution in [3.8, 4) is 0 Å². The molecule has 0 aliphatic heterocycles. The maximum absolute atomic E-state index is 12.9. The standard InChI is InChI=1S/C20H19N3O3S.C12H15NO3S.C2HF3O2/c21-11-15-7-4-8-16(9-15)20(26)23(12-19(24)25)17-13-27-18(22-17)10-14-5-2-1-3-6-14;1-2-16-12(15)9-7-5-3-4-6-8(7)17-10(9)11(13)14;3-2(4,5)1(6)7/h1-9,13H,10-12,21H2,(H,24,25);2-6H2,1H3,(H2,13,14);(H,6,7). The highest BCUT2D eigenvalue weighted by molar-refractivity contribution is 7.14. The molecule has 0 saturated carbocycles. The summed E-state index contributed by atoms with van der Waals surface area (Å²) in [5, 5.41) is 18.9. The van der Waals surface area contributed by atoms with Crippen molar-refractivity contribution in [3.63, 3.8) is 0 Å². The molecule has 4 aromatic rings. The Morgan fingerprint density at radius 2 is 1.63 bits per heavy atom. The van der Waals surface area contributed by atoms with E-state index in [1.807, 2.05) is 36.4 Å². The van der Waals surface area contributed by atoms with Gasteiger partial charge in [-0.15, -0.1) is 22.7 Å². The Morgan fingerprint density at radius 1 is 0.980 bits per heavy atom. The van der Waals surface area contributed by atoms with Gasteiger partial charge in [0.15, 0.2) is 0 Å². The van der Waals surface area contributed by atoms with Crippen molar-refractivity contribution in [1.29, 1.82) is 0 Å². The van der Waals surface area contributed by atoms with Crippen LogP contribution < -0.4 is 16.4 Å². The number of amides is 2. The summed E-state index contributed by atoms with van der Waals surface area (Å²) in [7, 11) is 0. The van der Waals surface area contributed by atoms with Crippen LogP contribution in [-0.2, 0) is 40.1 Å². The number of esters is 1. The number of hydrogen-bond donors (Lipinski definition) is 4. The lowest BCUT2D eigenvalue weighted by atomic mass is 9.95. The second-order valence-electron chi connectivity index (χ2n) is 10.8. The van der Waals surface area contributed by atoms with E-state index in [-0.39, 0.29) is 0 Å². The van der Waals surface area contributed by atoms with Gasteiger partial charge in [-0.1, -0.05) is 42.5 Å². The number of primary amides is 1. The van der Waals surface area contributed by atoms with Crippen LogP contribution in [-0.4, -0.2) is 64.2 Å². The van der Waals surface area contributed by atoms with Crippen LogP contribution in [0.15, 0.2) is 60.0 Å². The maximum Gasteiger partial charge on any atom is 0.490 e. The first kappa shape index (κ1) is 40.3. The second kappa shape index (κ2) is 18.7. The van der Waals surface area contributed by atoms with Crippen LogP contribution >= 0.6 is 22.7 Å². The Kier molecular flexibility index (Phi) is 14.8. The number of carbonyl (C=O) groups excluding carboxylic acids is 3. The van der Waals surface area contributed by atoms with Crippen molar-refractivity contribution in [1.82, 2.24) is 4.98 Å². The van der Waals surface area contributed by atoms with Gasteiger partial charge in [-0.3, -0.25) is 19.3 Å². The van der Waals surface area contributed by atoms with Crippen LogP contribution in [0.5, 0.6) is 0 Å². The first-order chi connectivity index (χ1) is 24.2. The highest BCUT2D eigenvalue weighted by Crippen LogP contribution is 2.34. The van der Waals surface area contributed by atoms with Gasteiger partial charge in [-0.2, -0.15) is 13.2 Å². The van der Waals surface area contributed by atoms with Crippen LogP contribution in [0.2, 0.25) is 0 Å². The number of halogens is 3. The first-order valence-electron chi connectivity index (χ1n) is 15.4. The fraction of sp³-hybridized carbons (Fsp3) is 0.294. The maximum atomic E-state index is 12.9. The van der Waals surface area contributed by atoms with Gasteiger partial charge in [-0.25, -0.2) is 14.6 Å². The summed E-state index contributed by atoms with van der Waals surface area (Å²) in [6.45, 7) is 1.90. The summed E-state index contributed by atoms with van der Waals surface area (Å²) in [5.41, 5.74) is 14.6. The molecule has 0 unspecified atom stereocenters. The van der Waals surface area contributed by atoms with Crippen molar-refractivity contribution in [2.75, 3.05) is 18.1 Å². The summed E-state index contributed by atoms with van der Waals surface area (Å²) in [6, 6.07) is 16.7. The third kappa shape index (κ3) is 11.7. The molecule has 2 aromatic heterocycles. The van der Waals surface area contributed by atoms with Gasteiger partial charge in [0.1, 0.15) is 17.2 Å². The number of nitrogens with two attached hydrogens (primary N) is 2. The molecule has 0 spiro atoms. The number of thiophene rings is 1. The number of rotatable bonds is 10. The van der Waals surface area contributed by atoms with Crippen LogP contribution in [0, 0.1) is 0 Å². The summed E-state index contributed by atoms with van der Waals surface area (Å²) >= 11 is 2.75. The predicted molar refractivity (Wildman–Crippen MR) is 184 cm³/mol. The number of aromatic nitrogens is 1. The molecule has 6 N–H and O–H groups in total. The van der Waals surface area contributed by atoms with Crippen molar-refractivity contribution in [2.24, 2.45) is 11.5 Å². The molecular weight excluding hydrogens is 714 g/mol. The monoisotopic (exact) mass is 748 g/mol. The predicted octanol–water partition coefficient (Wildman–Crippen LogP) is 5.46. The number of carboxylic acid groups (broad SMARTS) is 2. The van der Waals surface area contributed by atoms with E-state index in [2.05, 4.69) is 4.98 Å². The lowest BCUT2D eigenvalue weighted by Crippen LogP contribution is -2.36. The normalized spacial score (nSPS) is 11.9. The van der Waals surface area contributed by atoms with Crippen LogP contribution in [0.3, 0.4) is 0 Å². The second-order valence-corrected chi connectivity index (χ2v) is 12.8. The van der Waals surface area contributed by atoms with Gasteiger partial charge >= 0.3 is 24.1 Å². The number of hydrogen-bond acceptors (Lipinski definition) is 10. The number of benzene rings is 2. The summed E-state index contributed by atoms with van der Waals surface area (Å²) in [4.78, 5) is 63.5. The summed E-state index contributed by atoms with van der Waals surface area (Å²) < 4.78 is 36.7. The molecule has 0 atom stereocenters. The highest BCUT2D eigenvalue weighted by atomic mass is 32.1. The van der Waals surface area contributed by atoms with Gasteiger partial charge in [0.2, 0.25) is 0 Å². The van der Waals surface area contributed by atoms with E-state index in [0.29, 0.717) is 41.4 Å². The number of nitrogens with zero attached hydrogens (tertiary/aromatic N) is 2. The summed E-state index contributed by atoms with van der Waals surface area (Å²) in [6.07, 6.45) is -0.529. The number of fused-ring (bicyclic) bond motifs is 1. The van der Waals surface area contributed by atoms with Crippen LogP contribution in [0.4, 0.5) is 19.0 Å². The topological polar surface area (TPSA) is 203 Å². The van der Waals surface area contributed by atoms with E-state index in [1.54, 1.807) is 30.5 Å². The van der Waals surface area contributed by atoms with E-state index in [9.17, 15) is 37.5 Å². The third-order valence-electron chi connectivity index (χ3n) is 7.08. The minimum absolute atomic E-state index is 0.304. The Labute approximate surface area is 298 Å². The lowest BCUT2D eigenvalue weighted by molar-refractivity contribution is -0.192. The molecule has 272 valence electrons. The Hall–Kier alpha value is -5.13. The smallest absolute Gasteiger partial charge is 0.480 e. The zero-order valence-electron chi connectivity index (χ0n) is 27.3. The van der Waals surface area contributed by atoms with E-state index >= 15 is 0 Å². The zero-order valence-corrected chi connectivity index (χ0v) is 28.9. The molecule has 17 heteroatoms. The SMILES string of the molecule is CCOC(=O)c1c(C(N)=O)sc2c1CCCC2.NCc1cccc(C(=O)N(CC(=O)O)c2csc(Cc3ccccc3)n2)c1.O=C(O)C(F)(F)F. The average Bonchev–Trinajstić information content (AvgIpc) is 3.73. The number of aliphatic carboxylic acids is 2. The van der Waals surface area contributed by atoms with Crippen molar-refractivity contribution < 1.29 is 52.1 Å². The molecule has 0 saturated heterocycles. The molecule has 0 fully saturated rings. The molecule has 1 aliphatic rings. The van der Waals surface area contributed by atoms with E-state index < -0.39 is 42.4 Å². The molecular formula is C34H35F3N4O8S2. The van der Waals surface area contributed by atoms with Crippen LogP contribution in [0.1, 0.15) is 76.7 Å². The number of alkyl halides is 3. The summed E-state index contributed by atoms with van der Waals surface area (Å²) in [5.74, 6) is -4.88. The van der Waals surface area contributed by atoms with Crippen LogP contribution in [0.25, 0.3) is 0 Å². The molecule has 0 radical (unpaired) electrons. The first-order valence-corrected chi connectivity index (χ1v) is 17.1. The quantitative estimate of drug-likeness (QED) is 0.151. The molecule has 2 aromatic carbocycles. The third-order valence-corrected chi connectivity index (χ3v) is 9.22. The van der Waals surface area contributed by atoms with Gasteiger partial charge in [0, 0.05) is 28.8 Å². The van der Waals surface area contributed by atoms with E-state index in [4.69, 9.17) is 26.1 Å². The van der Waals surface area contributed by atoms with Gasteiger partial charge in [0.25, 0.3) is 11.8 Å². The molecule has 2 amide bonds. The Morgan fingerprint density at radius 3 is 2.22 bits per heavy atom. The van der Waals surface area contributed by atoms with Crippen molar-refractivity contribution in [3.05, 3.63) is 103 Å². The molecule has 2 heterocycles. The molecule has 1 aliphatic carbocycles. The van der Waals surface area contributed by atoms with Crippen molar-refractivity contribution in [2.45, 2.75) is 51.7 Å². The Balaban J connectivity index is 0.000000248. The van der Waals surface area contributed by atoms with E-state index in [1.165, 1.54) is 27.6 Å². The fourth-order valence-corrected chi connectivity index (χ4v) is 6.86. The number of carboxylic acids is 2. The number of anilines is 1. The average molecular weight is 749 g/mol. The Bertz CT molecular complexity index is 1840. The largest absolute Gasteiger partial charge is 0.490 e. The number of aryl methyl sites for hydroxylation is 1. The molecule has 51 heavy (non-hydrogen) atoms. The minimum Gasteiger partial charge on any atom is -0.480 e. The number of ether oxygens (including phenoxy) is 1. The lowest BCUT2D eigenvalue weighted by Gasteiger charge is -2.18. The van der Waals surface area contributed by atoms with Gasteiger partial charge in [-0.05, 0) is 61.4 Å². The highest BCUT2D eigenvalue weighted by Gasteiger charge is 2.38.